The van der Waals surface area contributed by atoms with Crippen molar-refractivity contribution in [1.29, 1.82) is 0 Å². The first kappa shape index (κ1) is 27.4. The largest absolute Gasteiger partial charge is 0.477 e. The van der Waals surface area contributed by atoms with Crippen molar-refractivity contribution in [3.8, 4) is 11.9 Å². The molecule has 3 fully saturated rings. The second kappa shape index (κ2) is 9.97. The molecule has 3 saturated heterocycles. The van der Waals surface area contributed by atoms with E-state index >= 15 is 4.39 Å². The quantitative estimate of drug-likeness (QED) is 0.491. The van der Waals surface area contributed by atoms with Gasteiger partial charge in [0, 0.05) is 38.5 Å². The fourth-order valence-corrected chi connectivity index (χ4v) is 6.68. The Morgan fingerprint density at radius 2 is 2.02 bits per heavy atom. The van der Waals surface area contributed by atoms with Gasteiger partial charge in [0.05, 0.1) is 18.2 Å². The molecule has 2 aromatic rings. The molecule has 0 spiro atoms. The normalized spacial score (nSPS) is 28.5. The molecule has 1 amide bonds. The summed E-state index contributed by atoms with van der Waals surface area (Å²) in [5.41, 5.74) is -1.09. The molecule has 0 N–H and O–H groups in total. The fourth-order valence-electron chi connectivity index (χ4n) is 6.51. The van der Waals surface area contributed by atoms with E-state index in [0.29, 0.717) is 43.7 Å². The predicted octanol–water partition coefficient (Wildman–Crippen LogP) is 4.37. The third-order valence-electron chi connectivity index (χ3n) is 8.33. The highest BCUT2D eigenvalue weighted by Crippen LogP contribution is 2.42. The van der Waals surface area contributed by atoms with Crippen molar-refractivity contribution >= 4 is 34.4 Å². The first-order chi connectivity index (χ1) is 18.9. The standard InChI is InChI=1S/C27H35ClF2N6O4/c1-15-11-36-17(13-35(15)25(37)40-26(2,3)4)6-9-38-23-18-20(19(30)21(28)32-23)31-24(33-22(18)36)39-14-27-7-5-8-34(27)12-16(29)10-27/h15-17H,5-14H2,1-4H3/t15-,16-,17-,27+/m1/s1. The highest BCUT2D eigenvalue weighted by molar-refractivity contribution is 6.30. The molecule has 4 aliphatic heterocycles. The zero-order valence-corrected chi connectivity index (χ0v) is 24.0. The Bertz CT molecular complexity index is 1330. The third-order valence-corrected chi connectivity index (χ3v) is 8.58. The average Bonchev–Trinajstić information content (AvgIpc) is 3.39. The second-order valence-corrected chi connectivity index (χ2v) is 12.7. The van der Waals surface area contributed by atoms with E-state index < -0.39 is 23.1 Å². The van der Waals surface area contributed by atoms with Gasteiger partial charge >= 0.3 is 12.1 Å². The second-order valence-electron chi connectivity index (χ2n) is 12.4. The monoisotopic (exact) mass is 580 g/mol. The van der Waals surface area contributed by atoms with Crippen molar-refractivity contribution in [2.75, 3.05) is 44.3 Å². The van der Waals surface area contributed by atoms with Crippen molar-refractivity contribution in [1.82, 2.24) is 24.8 Å². The van der Waals surface area contributed by atoms with E-state index in [4.69, 9.17) is 30.8 Å². The molecular weight excluding hydrogens is 546 g/mol. The predicted molar refractivity (Wildman–Crippen MR) is 144 cm³/mol. The zero-order valence-electron chi connectivity index (χ0n) is 23.3. The lowest BCUT2D eigenvalue weighted by molar-refractivity contribution is 0.0115. The molecule has 0 aromatic carbocycles. The van der Waals surface area contributed by atoms with Crippen LogP contribution in [0.1, 0.15) is 53.4 Å². The van der Waals surface area contributed by atoms with Crippen LogP contribution in [-0.4, -0.2) is 99.6 Å². The molecule has 6 heterocycles. The summed E-state index contributed by atoms with van der Waals surface area (Å²) in [5.74, 6) is -0.227. The van der Waals surface area contributed by atoms with Gasteiger partial charge < -0.3 is 24.0 Å². The number of carbonyl (C=O) groups excluding carboxylic acids is 1. The van der Waals surface area contributed by atoms with E-state index in [1.807, 2.05) is 27.7 Å². The number of hydrogen-bond acceptors (Lipinski definition) is 9. The SMILES string of the molecule is C[C@@H]1CN2c3nc(OC[C@@]45CCCN4C[C@H](F)C5)nc4c(F)c(Cl)nc(c34)OCC[C@@H]2CN1C(=O)OC(C)(C)C. The lowest BCUT2D eigenvalue weighted by atomic mass is 9.95. The maximum Gasteiger partial charge on any atom is 0.410 e. The molecular formula is C27H35ClF2N6O4. The van der Waals surface area contributed by atoms with Crippen molar-refractivity contribution < 1.29 is 27.8 Å². The number of halogens is 3. The van der Waals surface area contributed by atoms with Gasteiger partial charge in [0.15, 0.2) is 11.0 Å². The number of hydrogen-bond donors (Lipinski definition) is 0. The molecule has 6 rings (SSSR count). The topological polar surface area (TPSA) is 93.1 Å². The maximum absolute atomic E-state index is 15.4. The summed E-state index contributed by atoms with van der Waals surface area (Å²) in [7, 11) is 0. The van der Waals surface area contributed by atoms with Gasteiger partial charge in [0.25, 0.3) is 0 Å². The van der Waals surface area contributed by atoms with Crippen molar-refractivity contribution in [3.63, 3.8) is 0 Å². The van der Waals surface area contributed by atoms with Crippen molar-refractivity contribution in [2.45, 2.75) is 82.8 Å². The summed E-state index contributed by atoms with van der Waals surface area (Å²) in [5, 5.41) is -0.0443. The number of carbonyl (C=O) groups is 1. The van der Waals surface area contributed by atoms with Gasteiger partial charge in [-0.3, -0.25) is 4.90 Å². The Kier molecular flexibility index (Phi) is 6.84. The molecule has 218 valence electrons. The first-order valence-electron chi connectivity index (χ1n) is 13.9. The first-order valence-corrected chi connectivity index (χ1v) is 14.3. The van der Waals surface area contributed by atoms with Crippen molar-refractivity contribution in [3.05, 3.63) is 11.0 Å². The average molecular weight is 581 g/mol. The Morgan fingerprint density at radius 1 is 1.23 bits per heavy atom. The van der Waals surface area contributed by atoms with Crippen LogP contribution < -0.4 is 14.4 Å². The molecule has 0 radical (unpaired) electrons. The van der Waals surface area contributed by atoms with Gasteiger partial charge in [0.1, 0.15) is 35.1 Å². The van der Waals surface area contributed by atoms with Gasteiger partial charge in [-0.15, -0.1) is 0 Å². The molecule has 4 atom stereocenters. The number of nitrogens with zero attached hydrogens (tertiary/aromatic N) is 6. The Morgan fingerprint density at radius 3 is 2.80 bits per heavy atom. The Hall–Kier alpha value is -2.73. The number of piperazine rings is 1. The summed E-state index contributed by atoms with van der Waals surface area (Å²) in [4.78, 5) is 32.2. The van der Waals surface area contributed by atoms with Crippen LogP contribution in [0.5, 0.6) is 11.9 Å². The Balaban J connectivity index is 1.37. The molecule has 13 heteroatoms. The fraction of sp³-hybridized carbons (Fsp3) is 0.704. The molecule has 10 nitrogen and oxygen atoms in total. The molecule has 40 heavy (non-hydrogen) atoms. The van der Waals surface area contributed by atoms with E-state index in [2.05, 4.69) is 19.8 Å². The van der Waals surface area contributed by atoms with Crippen LogP contribution in [-0.2, 0) is 4.74 Å². The van der Waals surface area contributed by atoms with Gasteiger partial charge in [-0.05, 0) is 47.1 Å². The minimum absolute atomic E-state index is 0.0142. The number of ether oxygens (including phenoxy) is 3. The highest BCUT2D eigenvalue weighted by atomic mass is 35.5. The summed E-state index contributed by atoms with van der Waals surface area (Å²) >= 11 is 6.14. The number of pyridine rings is 1. The molecule has 4 aliphatic rings. The summed E-state index contributed by atoms with van der Waals surface area (Å²) in [6.45, 7) is 9.93. The molecule has 0 aliphatic carbocycles. The highest BCUT2D eigenvalue weighted by Gasteiger charge is 2.49. The molecule has 0 unspecified atom stereocenters. The molecule has 0 saturated carbocycles. The van der Waals surface area contributed by atoms with E-state index in [1.165, 1.54) is 0 Å². The van der Waals surface area contributed by atoms with Crippen LogP contribution in [0.15, 0.2) is 0 Å². The minimum Gasteiger partial charge on any atom is -0.477 e. The zero-order chi connectivity index (χ0) is 28.4. The molecule has 2 aromatic heterocycles. The van der Waals surface area contributed by atoms with Gasteiger partial charge in [-0.25, -0.2) is 13.6 Å². The van der Waals surface area contributed by atoms with E-state index in [9.17, 15) is 9.18 Å². The summed E-state index contributed by atoms with van der Waals surface area (Å²) in [6.07, 6.45) is 1.45. The van der Waals surface area contributed by atoms with Crippen LogP contribution in [0.3, 0.4) is 0 Å². The number of rotatable bonds is 3. The van der Waals surface area contributed by atoms with Crippen molar-refractivity contribution in [2.24, 2.45) is 0 Å². The van der Waals surface area contributed by atoms with Crippen LogP contribution in [0.2, 0.25) is 5.15 Å². The van der Waals surface area contributed by atoms with E-state index in [-0.39, 0.29) is 54.0 Å². The number of amides is 1. The molecule has 0 bridgehead atoms. The van der Waals surface area contributed by atoms with Crippen LogP contribution in [0.4, 0.5) is 19.4 Å². The van der Waals surface area contributed by atoms with Crippen LogP contribution in [0, 0.1) is 5.82 Å². The summed E-state index contributed by atoms with van der Waals surface area (Å²) < 4.78 is 47.5. The van der Waals surface area contributed by atoms with Gasteiger partial charge in [0.2, 0.25) is 5.88 Å². The number of anilines is 1. The third kappa shape index (κ3) is 4.87. The summed E-state index contributed by atoms with van der Waals surface area (Å²) in [6, 6.07) is -0.424. The maximum atomic E-state index is 15.4. The van der Waals surface area contributed by atoms with Gasteiger partial charge in [-0.2, -0.15) is 15.0 Å². The van der Waals surface area contributed by atoms with Gasteiger partial charge in [-0.1, -0.05) is 11.6 Å². The lowest BCUT2D eigenvalue weighted by Gasteiger charge is -2.46. The number of fused-ring (bicyclic) bond motifs is 3. The lowest BCUT2D eigenvalue weighted by Crippen LogP contribution is -2.60. The smallest absolute Gasteiger partial charge is 0.410 e. The Labute approximate surface area is 236 Å². The minimum atomic E-state index is -0.902. The van der Waals surface area contributed by atoms with E-state index in [0.717, 1.165) is 19.4 Å². The number of aromatic nitrogens is 3. The van der Waals surface area contributed by atoms with Crippen LogP contribution >= 0.6 is 11.6 Å². The number of alkyl halides is 1. The van der Waals surface area contributed by atoms with Crippen LogP contribution in [0.25, 0.3) is 10.9 Å². The van der Waals surface area contributed by atoms with E-state index in [1.54, 1.807) is 4.90 Å².